The molecule has 1 aromatic carbocycles. The molecule has 26 heavy (non-hydrogen) atoms. The van der Waals surface area contributed by atoms with Gasteiger partial charge in [0.2, 0.25) is 5.91 Å². The van der Waals surface area contributed by atoms with Gasteiger partial charge >= 0.3 is 0 Å². The minimum absolute atomic E-state index is 0.0208. The summed E-state index contributed by atoms with van der Waals surface area (Å²) in [6.45, 7) is 1.08. The number of amides is 1. The largest absolute Gasteiger partial charge is 0.342 e. The maximum Gasteiger partial charge on any atom is 0.267 e. The van der Waals surface area contributed by atoms with E-state index in [2.05, 4.69) is 10.1 Å². The Labute approximate surface area is 158 Å². The second-order valence-electron chi connectivity index (χ2n) is 6.14. The molecule has 0 bridgehead atoms. The fourth-order valence-electron chi connectivity index (χ4n) is 3.06. The van der Waals surface area contributed by atoms with E-state index < -0.39 is 5.82 Å². The number of hydrogen-bond donors (Lipinski definition) is 0. The molecule has 1 aliphatic rings. The Morgan fingerprint density at radius 1 is 1.38 bits per heavy atom. The quantitative estimate of drug-likeness (QED) is 0.670. The number of halogens is 2. The highest BCUT2D eigenvalue weighted by atomic mass is 35.5. The van der Waals surface area contributed by atoms with Crippen LogP contribution in [-0.2, 0) is 11.2 Å². The van der Waals surface area contributed by atoms with Crippen molar-refractivity contribution in [3.05, 3.63) is 57.9 Å². The van der Waals surface area contributed by atoms with Gasteiger partial charge in [-0.05, 0) is 30.0 Å². The number of hydrogen-bond acceptors (Lipinski definition) is 5. The Morgan fingerprint density at radius 2 is 2.27 bits per heavy atom. The van der Waals surface area contributed by atoms with Crippen molar-refractivity contribution in [2.45, 2.75) is 18.8 Å². The molecular formula is C18H15ClFN3O2S. The van der Waals surface area contributed by atoms with E-state index in [4.69, 9.17) is 16.1 Å². The lowest BCUT2D eigenvalue weighted by Crippen LogP contribution is -2.30. The van der Waals surface area contributed by atoms with E-state index in [0.717, 1.165) is 11.3 Å². The van der Waals surface area contributed by atoms with Gasteiger partial charge in [0.05, 0.1) is 11.3 Å². The molecule has 1 saturated heterocycles. The average Bonchev–Trinajstić information content (AvgIpc) is 3.38. The molecule has 0 N–H and O–H groups in total. The molecule has 8 heteroatoms. The summed E-state index contributed by atoms with van der Waals surface area (Å²) in [5, 5.41) is 6.28. The van der Waals surface area contributed by atoms with Gasteiger partial charge < -0.3 is 9.42 Å². The molecule has 4 rings (SSSR count). The number of aromatic nitrogens is 2. The van der Waals surface area contributed by atoms with Gasteiger partial charge in [0, 0.05) is 29.6 Å². The summed E-state index contributed by atoms with van der Waals surface area (Å²) in [5.41, 5.74) is 0.238. The Balaban J connectivity index is 1.43. The van der Waals surface area contributed by atoms with Gasteiger partial charge in [0.25, 0.3) is 5.89 Å². The summed E-state index contributed by atoms with van der Waals surface area (Å²) < 4.78 is 19.2. The molecule has 2 aromatic heterocycles. The fourth-order valence-corrected chi connectivity index (χ4v) is 3.94. The van der Waals surface area contributed by atoms with Crippen molar-refractivity contribution in [3.63, 3.8) is 0 Å². The Kier molecular flexibility index (Phi) is 4.74. The molecule has 3 heterocycles. The molecule has 0 saturated carbocycles. The van der Waals surface area contributed by atoms with E-state index in [9.17, 15) is 9.18 Å². The molecule has 1 aliphatic heterocycles. The number of rotatable bonds is 4. The Hall–Kier alpha value is -2.25. The zero-order valence-corrected chi connectivity index (χ0v) is 15.3. The maximum atomic E-state index is 13.9. The standard InChI is InChI=1S/C18H15ClFN3O2S/c19-13-3-1-4-14(20)12(13)9-16(24)23-7-6-11(10-23)17-21-18(25-22-17)15-5-2-8-26-15/h1-5,8,11H,6-7,9-10H2. The van der Waals surface area contributed by atoms with Gasteiger partial charge in [-0.2, -0.15) is 4.98 Å². The Morgan fingerprint density at radius 3 is 3.04 bits per heavy atom. The highest BCUT2D eigenvalue weighted by molar-refractivity contribution is 7.13. The van der Waals surface area contributed by atoms with Crippen LogP contribution in [0.25, 0.3) is 10.8 Å². The third-order valence-electron chi connectivity index (χ3n) is 4.47. The van der Waals surface area contributed by atoms with E-state index in [1.165, 1.54) is 23.5 Å². The summed E-state index contributed by atoms with van der Waals surface area (Å²) in [7, 11) is 0. The van der Waals surface area contributed by atoms with Crippen molar-refractivity contribution in [1.29, 1.82) is 0 Å². The smallest absolute Gasteiger partial charge is 0.267 e. The lowest BCUT2D eigenvalue weighted by Gasteiger charge is -2.16. The van der Waals surface area contributed by atoms with E-state index in [0.29, 0.717) is 24.8 Å². The lowest BCUT2D eigenvalue weighted by atomic mass is 10.1. The van der Waals surface area contributed by atoms with E-state index >= 15 is 0 Å². The van der Waals surface area contributed by atoms with E-state index in [-0.39, 0.29) is 28.8 Å². The summed E-state index contributed by atoms with van der Waals surface area (Å²) in [6.07, 6.45) is 0.699. The van der Waals surface area contributed by atoms with Crippen LogP contribution in [-0.4, -0.2) is 34.0 Å². The third kappa shape index (κ3) is 3.37. The maximum absolute atomic E-state index is 13.9. The SMILES string of the molecule is O=C(Cc1c(F)cccc1Cl)N1CCC(c2noc(-c3cccs3)n2)C1. The predicted octanol–water partition coefficient (Wildman–Crippen LogP) is 4.15. The second-order valence-corrected chi connectivity index (χ2v) is 7.49. The molecule has 0 radical (unpaired) electrons. The van der Waals surface area contributed by atoms with Gasteiger partial charge in [-0.25, -0.2) is 4.39 Å². The normalized spacial score (nSPS) is 17.0. The molecule has 1 amide bonds. The van der Waals surface area contributed by atoms with E-state index in [1.807, 2.05) is 17.5 Å². The molecule has 1 fully saturated rings. The molecule has 3 aromatic rings. The van der Waals surface area contributed by atoms with Crippen molar-refractivity contribution in [3.8, 4) is 10.8 Å². The van der Waals surface area contributed by atoms with Crippen molar-refractivity contribution in [2.75, 3.05) is 13.1 Å². The molecule has 5 nitrogen and oxygen atoms in total. The number of likely N-dealkylation sites (tertiary alicyclic amines) is 1. The monoisotopic (exact) mass is 391 g/mol. The van der Waals surface area contributed by atoms with Crippen molar-refractivity contribution >= 4 is 28.8 Å². The van der Waals surface area contributed by atoms with Gasteiger partial charge in [-0.1, -0.05) is 28.9 Å². The zero-order valence-electron chi connectivity index (χ0n) is 13.7. The van der Waals surface area contributed by atoms with Crippen LogP contribution < -0.4 is 0 Å². The third-order valence-corrected chi connectivity index (χ3v) is 5.68. The number of nitrogens with zero attached hydrogens (tertiary/aromatic N) is 3. The van der Waals surface area contributed by atoms with Crippen LogP contribution in [0.15, 0.2) is 40.2 Å². The predicted molar refractivity (Wildman–Crippen MR) is 96.7 cm³/mol. The van der Waals surface area contributed by atoms with Crippen LogP contribution in [0.5, 0.6) is 0 Å². The van der Waals surface area contributed by atoms with Crippen molar-refractivity contribution < 1.29 is 13.7 Å². The first kappa shape index (κ1) is 17.2. The lowest BCUT2D eigenvalue weighted by molar-refractivity contribution is -0.129. The number of carbonyl (C=O) groups excluding carboxylic acids is 1. The molecule has 0 aliphatic carbocycles. The number of thiophene rings is 1. The topological polar surface area (TPSA) is 59.2 Å². The van der Waals surface area contributed by atoms with Gasteiger partial charge in [-0.15, -0.1) is 11.3 Å². The van der Waals surface area contributed by atoms with Gasteiger partial charge in [0.15, 0.2) is 5.82 Å². The first-order chi connectivity index (χ1) is 12.6. The molecule has 1 unspecified atom stereocenters. The van der Waals surface area contributed by atoms with Crippen LogP contribution in [0.4, 0.5) is 4.39 Å². The van der Waals surface area contributed by atoms with Crippen LogP contribution in [0.2, 0.25) is 5.02 Å². The fraction of sp³-hybridized carbons (Fsp3) is 0.278. The minimum Gasteiger partial charge on any atom is -0.342 e. The van der Waals surface area contributed by atoms with E-state index in [1.54, 1.807) is 11.0 Å². The highest BCUT2D eigenvalue weighted by Gasteiger charge is 2.31. The molecule has 0 spiro atoms. The van der Waals surface area contributed by atoms with Crippen LogP contribution in [0.3, 0.4) is 0 Å². The van der Waals surface area contributed by atoms with Gasteiger partial charge in [-0.3, -0.25) is 4.79 Å². The first-order valence-electron chi connectivity index (χ1n) is 8.20. The van der Waals surface area contributed by atoms with Crippen LogP contribution in [0.1, 0.15) is 23.7 Å². The molecule has 134 valence electrons. The van der Waals surface area contributed by atoms with Crippen molar-refractivity contribution in [1.82, 2.24) is 15.0 Å². The molecule has 1 atom stereocenters. The van der Waals surface area contributed by atoms with Crippen LogP contribution >= 0.6 is 22.9 Å². The number of carbonyl (C=O) groups is 1. The summed E-state index contributed by atoms with van der Waals surface area (Å²) in [6, 6.07) is 8.27. The highest BCUT2D eigenvalue weighted by Crippen LogP contribution is 2.29. The number of benzene rings is 1. The van der Waals surface area contributed by atoms with Crippen LogP contribution in [0, 0.1) is 5.82 Å². The zero-order chi connectivity index (χ0) is 18.1. The Bertz CT molecular complexity index is 908. The summed E-state index contributed by atoms with van der Waals surface area (Å²) >= 11 is 7.55. The van der Waals surface area contributed by atoms with Crippen molar-refractivity contribution in [2.24, 2.45) is 0 Å². The minimum atomic E-state index is -0.458. The second kappa shape index (κ2) is 7.17. The van der Waals surface area contributed by atoms with Gasteiger partial charge in [0.1, 0.15) is 5.82 Å². The summed E-state index contributed by atoms with van der Waals surface area (Å²) in [4.78, 5) is 19.6. The summed E-state index contributed by atoms with van der Waals surface area (Å²) in [5.74, 6) is 0.514. The average molecular weight is 392 g/mol. The molecular weight excluding hydrogens is 377 g/mol. The first-order valence-corrected chi connectivity index (χ1v) is 9.45.